The molecule has 0 saturated carbocycles. The zero-order chi connectivity index (χ0) is 17.2. The number of hydrogen-bond acceptors (Lipinski definition) is 3. The van der Waals surface area contributed by atoms with E-state index in [1.165, 1.54) is 24.0 Å². The van der Waals surface area contributed by atoms with Crippen LogP contribution in [0.4, 0.5) is 0 Å². The highest BCUT2D eigenvalue weighted by Crippen LogP contribution is 2.25. The van der Waals surface area contributed by atoms with Gasteiger partial charge in [0.1, 0.15) is 5.75 Å². The molecule has 142 valence electrons. The predicted octanol–water partition coefficient (Wildman–Crippen LogP) is 2.68. The van der Waals surface area contributed by atoms with Gasteiger partial charge in [0, 0.05) is 33.1 Å². The van der Waals surface area contributed by atoms with Gasteiger partial charge >= 0.3 is 0 Å². The van der Waals surface area contributed by atoms with Crippen LogP contribution in [0.5, 0.6) is 5.75 Å². The first-order chi connectivity index (χ1) is 11.7. The molecule has 0 saturated heterocycles. The molecule has 0 fully saturated rings. The summed E-state index contributed by atoms with van der Waals surface area (Å²) in [6.45, 7) is 7.03. The Morgan fingerprint density at radius 1 is 1.24 bits per heavy atom. The molecule has 0 aliphatic carbocycles. The number of aliphatic imine (C=N–C) groups is 1. The normalized spacial score (nSPS) is 13.2. The van der Waals surface area contributed by atoms with Crippen LogP contribution in [0.2, 0.25) is 0 Å². The molecule has 6 heteroatoms. The molecular formula is C19H33IN4O. The first-order valence-electron chi connectivity index (χ1n) is 9.10. The Bertz CT molecular complexity index is 536. The first kappa shape index (κ1) is 22.0. The minimum Gasteiger partial charge on any atom is -0.493 e. The molecule has 1 heterocycles. The van der Waals surface area contributed by atoms with E-state index in [2.05, 4.69) is 52.7 Å². The molecule has 0 aromatic heterocycles. The molecule has 25 heavy (non-hydrogen) atoms. The van der Waals surface area contributed by atoms with E-state index in [0.717, 1.165) is 57.3 Å². The SMILES string of the molecule is CCCCN(C)CCNC(=NC)NCCc1ccc2c(c1)CCO2.I. The summed E-state index contributed by atoms with van der Waals surface area (Å²) in [6, 6.07) is 6.52. The van der Waals surface area contributed by atoms with Gasteiger partial charge in [-0.25, -0.2) is 0 Å². The number of benzene rings is 1. The van der Waals surface area contributed by atoms with E-state index in [9.17, 15) is 0 Å². The maximum atomic E-state index is 5.55. The minimum atomic E-state index is 0. The van der Waals surface area contributed by atoms with E-state index in [1.54, 1.807) is 0 Å². The van der Waals surface area contributed by atoms with Crippen LogP contribution < -0.4 is 15.4 Å². The van der Waals surface area contributed by atoms with Gasteiger partial charge in [0.2, 0.25) is 0 Å². The van der Waals surface area contributed by atoms with Crippen molar-refractivity contribution < 1.29 is 4.74 Å². The molecule has 0 spiro atoms. The summed E-state index contributed by atoms with van der Waals surface area (Å²) in [7, 11) is 3.99. The first-order valence-corrected chi connectivity index (χ1v) is 9.10. The summed E-state index contributed by atoms with van der Waals surface area (Å²) in [6.07, 6.45) is 4.53. The second kappa shape index (κ2) is 12.4. The number of ether oxygens (including phenoxy) is 1. The van der Waals surface area contributed by atoms with Crippen LogP contribution in [-0.2, 0) is 12.8 Å². The number of guanidine groups is 1. The largest absolute Gasteiger partial charge is 0.493 e. The summed E-state index contributed by atoms with van der Waals surface area (Å²) in [4.78, 5) is 6.65. The van der Waals surface area contributed by atoms with Gasteiger partial charge in [-0.15, -0.1) is 24.0 Å². The summed E-state index contributed by atoms with van der Waals surface area (Å²) >= 11 is 0. The third-order valence-electron chi connectivity index (χ3n) is 4.36. The Kier molecular flexibility index (Phi) is 10.9. The Labute approximate surface area is 169 Å². The number of fused-ring (bicyclic) bond motifs is 1. The lowest BCUT2D eigenvalue weighted by Gasteiger charge is -2.18. The van der Waals surface area contributed by atoms with Crippen molar-refractivity contribution in [3.05, 3.63) is 29.3 Å². The van der Waals surface area contributed by atoms with Crippen molar-refractivity contribution in [1.82, 2.24) is 15.5 Å². The number of likely N-dealkylation sites (N-methyl/N-ethyl adjacent to an activating group) is 1. The second-order valence-corrected chi connectivity index (χ2v) is 6.37. The van der Waals surface area contributed by atoms with Gasteiger partial charge in [0.15, 0.2) is 5.96 Å². The maximum Gasteiger partial charge on any atom is 0.191 e. The third kappa shape index (κ3) is 7.81. The number of nitrogens with one attached hydrogen (secondary N) is 2. The molecule has 1 aromatic rings. The van der Waals surface area contributed by atoms with E-state index in [1.807, 2.05) is 7.05 Å². The van der Waals surface area contributed by atoms with E-state index >= 15 is 0 Å². The van der Waals surface area contributed by atoms with Crippen molar-refractivity contribution in [3.8, 4) is 5.75 Å². The van der Waals surface area contributed by atoms with E-state index in [0.29, 0.717) is 0 Å². The van der Waals surface area contributed by atoms with E-state index in [-0.39, 0.29) is 24.0 Å². The number of hydrogen-bond donors (Lipinski definition) is 2. The van der Waals surface area contributed by atoms with Crippen LogP contribution in [0, 0.1) is 0 Å². The quantitative estimate of drug-likeness (QED) is 0.338. The number of halogens is 1. The van der Waals surface area contributed by atoms with Crippen molar-refractivity contribution >= 4 is 29.9 Å². The maximum absolute atomic E-state index is 5.55. The summed E-state index contributed by atoms with van der Waals surface area (Å²) in [5, 5.41) is 6.77. The topological polar surface area (TPSA) is 48.9 Å². The van der Waals surface area contributed by atoms with E-state index < -0.39 is 0 Å². The van der Waals surface area contributed by atoms with Gasteiger partial charge in [-0.3, -0.25) is 4.99 Å². The van der Waals surface area contributed by atoms with Gasteiger partial charge < -0.3 is 20.3 Å². The van der Waals surface area contributed by atoms with Crippen LogP contribution >= 0.6 is 24.0 Å². The lowest BCUT2D eigenvalue weighted by Crippen LogP contribution is -2.41. The van der Waals surface area contributed by atoms with Crippen LogP contribution in [-0.4, -0.2) is 57.7 Å². The zero-order valence-corrected chi connectivity index (χ0v) is 18.1. The van der Waals surface area contributed by atoms with Gasteiger partial charge in [-0.2, -0.15) is 0 Å². The van der Waals surface area contributed by atoms with Crippen molar-refractivity contribution in [2.45, 2.75) is 32.6 Å². The fourth-order valence-corrected chi connectivity index (χ4v) is 2.85. The molecule has 5 nitrogen and oxygen atoms in total. The van der Waals surface area contributed by atoms with Crippen molar-refractivity contribution in [2.75, 3.05) is 46.9 Å². The fourth-order valence-electron chi connectivity index (χ4n) is 2.85. The Hall–Kier alpha value is -1.02. The monoisotopic (exact) mass is 460 g/mol. The molecule has 2 rings (SSSR count). The molecule has 2 N–H and O–H groups in total. The standard InChI is InChI=1S/C19H32N4O.HI/c1-4-5-12-23(3)13-11-22-19(20-2)21-10-8-16-6-7-18-17(15-16)9-14-24-18;/h6-7,15H,4-5,8-14H2,1-3H3,(H2,20,21,22);1H. The van der Waals surface area contributed by atoms with Gasteiger partial charge in [-0.1, -0.05) is 25.5 Å². The Morgan fingerprint density at radius 2 is 2.04 bits per heavy atom. The average Bonchev–Trinajstić information content (AvgIpc) is 3.06. The molecule has 0 atom stereocenters. The molecule has 1 aliphatic rings. The predicted molar refractivity (Wildman–Crippen MR) is 117 cm³/mol. The molecule has 1 aromatic carbocycles. The molecule has 0 amide bonds. The Morgan fingerprint density at radius 3 is 2.80 bits per heavy atom. The number of unbranched alkanes of at least 4 members (excludes halogenated alkanes) is 1. The Balaban J connectivity index is 0.00000312. The van der Waals surface area contributed by atoms with Crippen molar-refractivity contribution in [1.29, 1.82) is 0 Å². The molecule has 0 unspecified atom stereocenters. The summed E-state index contributed by atoms with van der Waals surface area (Å²) in [5.74, 6) is 1.93. The number of rotatable bonds is 9. The van der Waals surface area contributed by atoms with Crippen LogP contribution in [0.15, 0.2) is 23.2 Å². The molecule has 0 bridgehead atoms. The molecular weight excluding hydrogens is 427 g/mol. The number of nitrogens with zero attached hydrogens (tertiary/aromatic N) is 2. The van der Waals surface area contributed by atoms with E-state index in [4.69, 9.17) is 4.74 Å². The highest BCUT2D eigenvalue weighted by atomic mass is 127. The van der Waals surface area contributed by atoms with Crippen molar-refractivity contribution in [3.63, 3.8) is 0 Å². The highest BCUT2D eigenvalue weighted by Gasteiger charge is 2.11. The van der Waals surface area contributed by atoms with Crippen LogP contribution in [0.1, 0.15) is 30.9 Å². The van der Waals surface area contributed by atoms with Gasteiger partial charge in [0.25, 0.3) is 0 Å². The summed E-state index contributed by atoms with van der Waals surface area (Å²) in [5.41, 5.74) is 2.69. The van der Waals surface area contributed by atoms with Crippen molar-refractivity contribution in [2.24, 2.45) is 4.99 Å². The third-order valence-corrected chi connectivity index (χ3v) is 4.36. The smallest absolute Gasteiger partial charge is 0.191 e. The summed E-state index contributed by atoms with van der Waals surface area (Å²) < 4.78 is 5.55. The highest BCUT2D eigenvalue weighted by molar-refractivity contribution is 14.0. The zero-order valence-electron chi connectivity index (χ0n) is 15.8. The fraction of sp³-hybridized carbons (Fsp3) is 0.632. The molecule has 0 radical (unpaired) electrons. The van der Waals surface area contributed by atoms with Gasteiger partial charge in [0.05, 0.1) is 6.61 Å². The second-order valence-electron chi connectivity index (χ2n) is 6.37. The lowest BCUT2D eigenvalue weighted by molar-refractivity contribution is 0.332. The van der Waals surface area contributed by atoms with Crippen LogP contribution in [0.3, 0.4) is 0 Å². The van der Waals surface area contributed by atoms with Crippen LogP contribution in [0.25, 0.3) is 0 Å². The average molecular weight is 460 g/mol. The van der Waals surface area contributed by atoms with Gasteiger partial charge in [-0.05, 0) is 43.6 Å². The minimum absolute atomic E-state index is 0. The lowest BCUT2D eigenvalue weighted by atomic mass is 10.1. The molecule has 1 aliphatic heterocycles.